The van der Waals surface area contributed by atoms with Gasteiger partial charge in [-0.1, -0.05) is 0 Å². The van der Waals surface area contributed by atoms with E-state index in [0.717, 1.165) is 11.7 Å². The second kappa shape index (κ2) is 6.81. The Morgan fingerprint density at radius 1 is 1.24 bits per heavy atom. The maximum atomic E-state index is 12.9. The number of piperidine rings is 1. The van der Waals surface area contributed by atoms with Crippen molar-refractivity contribution in [1.82, 2.24) is 24.6 Å². The molecule has 0 saturated carbocycles. The highest BCUT2D eigenvalue weighted by Gasteiger charge is 2.39. The summed E-state index contributed by atoms with van der Waals surface area (Å²) >= 11 is 0. The Morgan fingerprint density at radius 3 is 2.24 bits per heavy atom. The molecule has 0 aromatic carbocycles. The van der Waals surface area contributed by atoms with Gasteiger partial charge in [0.25, 0.3) is 0 Å². The van der Waals surface area contributed by atoms with Gasteiger partial charge in [0.15, 0.2) is 0 Å². The minimum Gasteiger partial charge on any atom is -0.350 e. The summed E-state index contributed by atoms with van der Waals surface area (Å²) in [6.07, 6.45) is -3.72. The summed E-state index contributed by atoms with van der Waals surface area (Å²) < 4.78 is 40.0. The van der Waals surface area contributed by atoms with E-state index in [9.17, 15) is 22.8 Å². The number of aromatic nitrogens is 3. The van der Waals surface area contributed by atoms with Crippen molar-refractivity contribution >= 4 is 5.91 Å². The normalized spacial score (nSPS) is 17.7. The van der Waals surface area contributed by atoms with E-state index in [1.54, 1.807) is 0 Å². The largest absolute Gasteiger partial charge is 0.451 e. The summed E-state index contributed by atoms with van der Waals surface area (Å²) in [5, 5.41) is 6.35. The Hall–Kier alpha value is -1.84. The standard InChI is InChI=1S/C15H24F3N5O2/c1-14(2,3)19-11(24)9-22-7-5-10(6-8-22)23-13(25)21(4)12(20-23)15(16,17)18/h10H,5-9H2,1-4H3,(H,19,24). The van der Waals surface area contributed by atoms with Gasteiger partial charge in [0, 0.05) is 25.7 Å². The van der Waals surface area contributed by atoms with Crippen molar-refractivity contribution in [2.45, 2.75) is 51.4 Å². The number of halogens is 3. The molecule has 0 unspecified atom stereocenters. The molecule has 2 rings (SSSR count). The van der Waals surface area contributed by atoms with E-state index < -0.39 is 23.7 Å². The number of nitrogens with zero attached hydrogens (tertiary/aromatic N) is 4. The molecular formula is C15H24F3N5O2. The zero-order valence-corrected chi connectivity index (χ0v) is 14.9. The third-order valence-electron chi connectivity index (χ3n) is 4.04. The molecule has 1 fully saturated rings. The molecule has 7 nitrogen and oxygen atoms in total. The van der Waals surface area contributed by atoms with Crippen LogP contribution in [0.1, 0.15) is 45.5 Å². The van der Waals surface area contributed by atoms with Crippen molar-refractivity contribution in [1.29, 1.82) is 0 Å². The quantitative estimate of drug-likeness (QED) is 0.875. The molecule has 1 aromatic rings. The Labute approximate surface area is 143 Å². The highest BCUT2D eigenvalue weighted by atomic mass is 19.4. The maximum absolute atomic E-state index is 12.9. The van der Waals surface area contributed by atoms with E-state index in [0.29, 0.717) is 30.5 Å². The van der Waals surface area contributed by atoms with Crippen LogP contribution in [0.2, 0.25) is 0 Å². The summed E-state index contributed by atoms with van der Waals surface area (Å²) in [4.78, 5) is 25.9. The van der Waals surface area contributed by atoms with Crippen molar-refractivity contribution in [3.8, 4) is 0 Å². The zero-order valence-electron chi connectivity index (χ0n) is 14.9. The molecule has 2 heterocycles. The van der Waals surface area contributed by atoms with Crippen molar-refractivity contribution in [2.24, 2.45) is 7.05 Å². The second-order valence-electron chi connectivity index (χ2n) is 7.41. The SMILES string of the molecule is Cn1c(C(F)(F)F)nn(C2CCN(CC(=O)NC(C)(C)C)CC2)c1=O. The molecule has 1 aliphatic rings. The van der Waals surface area contributed by atoms with Gasteiger partial charge in [-0.05, 0) is 33.6 Å². The molecular weight excluding hydrogens is 339 g/mol. The summed E-state index contributed by atoms with van der Waals surface area (Å²) in [5.41, 5.74) is -1.08. The highest BCUT2D eigenvalue weighted by Crippen LogP contribution is 2.28. The van der Waals surface area contributed by atoms with Gasteiger partial charge in [-0.25, -0.2) is 9.48 Å². The van der Waals surface area contributed by atoms with Crippen LogP contribution in [0.25, 0.3) is 0 Å². The van der Waals surface area contributed by atoms with Gasteiger partial charge in [0.1, 0.15) is 0 Å². The first kappa shape index (κ1) is 19.5. The molecule has 1 N–H and O–H groups in total. The van der Waals surface area contributed by atoms with Crippen molar-refractivity contribution < 1.29 is 18.0 Å². The molecule has 1 amide bonds. The van der Waals surface area contributed by atoms with Crippen molar-refractivity contribution in [3.63, 3.8) is 0 Å². The van der Waals surface area contributed by atoms with Gasteiger partial charge in [-0.15, -0.1) is 5.10 Å². The van der Waals surface area contributed by atoms with Crippen LogP contribution in [0.15, 0.2) is 4.79 Å². The fourth-order valence-corrected chi connectivity index (χ4v) is 2.92. The molecule has 0 spiro atoms. The number of alkyl halides is 3. The molecule has 1 saturated heterocycles. The molecule has 25 heavy (non-hydrogen) atoms. The van der Waals surface area contributed by atoms with Crippen LogP contribution >= 0.6 is 0 Å². The average molecular weight is 363 g/mol. The number of nitrogens with one attached hydrogen (secondary N) is 1. The van der Waals surface area contributed by atoms with Crippen LogP contribution in [0, 0.1) is 0 Å². The van der Waals surface area contributed by atoms with Crippen LogP contribution in [-0.2, 0) is 18.0 Å². The van der Waals surface area contributed by atoms with E-state index >= 15 is 0 Å². The Balaban J connectivity index is 1.99. The van der Waals surface area contributed by atoms with Crippen LogP contribution < -0.4 is 11.0 Å². The number of hydrogen-bond acceptors (Lipinski definition) is 4. The molecule has 0 bridgehead atoms. The molecule has 0 radical (unpaired) electrons. The van der Waals surface area contributed by atoms with Crippen molar-refractivity contribution in [3.05, 3.63) is 16.3 Å². The van der Waals surface area contributed by atoms with Gasteiger partial charge in [0.2, 0.25) is 11.7 Å². The topological polar surface area (TPSA) is 72.2 Å². The third kappa shape index (κ3) is 4.83. The lowest BCUT2D eigenvalue weighted by molar-refractivity contribution is -0.147. The lowest BCUT2D eigenvalue weighted by atomic mass is 10.1. The number of carbonyl (C=O) groups is 1. The van der Waals surface area contributed by atoms with E-state index in [1.807, 2.05) is 25.7 Å². The highest BCUT2D eigenvalue weighted by molar-refractivity contribution is 5.78. The predicted molar refractivity (Wildman–Crippen MR) is 85.1 cm³/mol. The van der Waals surface area contributed by atoms with Gasteiger partial charge < -0.3 is 5.32 Å². The number of rotatable bonds is 3. The monoisotopic (exact) mass is 363 g/mol. The van der Waals surface area contributed by atoms with Gasteiger partial charge in [-0.2, -0.15) is 13.2 Å². The van der Waals surface area contributed by atoms with Gasteiger partial charge in [-0.3, -0.25) is 14.3 Å². The fraction of sp³-hybridized carbons (Fsp3) is 0.800. The van der Waals surface area contributed by atoms with E-state index in [1.165, 1.54) is 0 Å². The Morgan fingerprint density at radius 2 is 1.80 bits per heavy atom. The average Bonchev–Trinajstić information content (AvgIpc) is 2.74. The van der Waals surface area contributed by atoms with Gasteiger partial charge >= 0.3 is 11.9 Å². The minimum absolute atomic E-state index is 0.0969. The number of hydrogen-bond donors (Lipinski definition) is 1. The van der Waals surface area contributed by atoms with Crippen LogP contribution in [-0.4, -0.2) is 50.3 Å². The molecule has 1 aromatic heterocycles. The molecule has 0 atom stereocenters. The third-order valence-corrected chi connectivity index (χ3v) is 4.04. The maximum Gasteiger partial charge on any atom is 0.451 e. The lowest BCUT2D eigenvalue weighted by Gasteiger charge is -2.32. The van der Waals surface area contributed by atoms with E-state index in [-0.39, 0.29) is 18.0 Å². The van der Waals surface area contributed by atoms with E-state index in [2.05, 4.69) is 10.4 Å². The van der Waals surface area contributed by atoms with E-state index in [4.69, 9.17) is 0 Å². The molecule has 10 heteroatoms. The first-order valence-corrected chi connectivity index (χ1v) is 8.14. The predicted octanol–water partition coefficient (Wildman–Crippen LogP) is 1.15. The number of amides is 1. The summed E-state index contributed by atoms with van der Waals surface area (Å²) in [5.74, 6) is -1.29. The smallest absolute Gasteiger partial charge is 0.350 e. The lowest BCUT2D eigenvalue weighted by Crippen LogP contribution is -2.48. The number of carbonyl (C=O) groups excluding carboxylic acids is 1. The zero-order chi connectivity index (χ0) is 19.0. The summed E-state index contributed by atoms with van der Waals surface area (Å²) in [6, 6.07) is -0.392. The fourth-order valence-electron chi connectivity index (χ4n) is 2.92. The van der Waals surface area contributed by atoms with Crippen LogP contribution in [0.3, 0.4) is 0 Å². The molecule has 142 valence electrons. The Kier molecular flexibility index (Phi) is 5.31. The van der Waals surface area contributed by atoms with Crippen molar-refractivity contribution in [2.75, 3.05) is 19.6 Å². The first-order valence-electron chi connectivity index (χ1n) is 8.14. The summed E-state index contributed by atoms with van der Waals surface area (Å²) in [7, 11) is 1.07. The second-order valence-corrected chi connectivity index (χ2v) is 7.41. The summed E-state index contributed by atoms with van der Waals surface area (Å²) in [6.45, 7) is 6.95. The molecule has 0 aliphatic carbocycles. The van der Waals surface area contributed by atoms with Gasteiger partial charge in [0.05, 0.1) is 12.6 Å². The number of likely N-dealkylation sites (tertiary alicyclic amines) is 1. The van der Waals surface area contributed by atoms with Crippen LogP contribution in [0.4, 0.5) is 13.2 Å². The minimum atomic E-state index is -4.66. The molecule has 1 aliphatic heterocycles. The van der Waals surface area contributed by atoms with Crippen LogP contribution in [0.5, 0.6) is 0 Å². The first-order chi connectivity index (χ1) is 11.4. The Bertz CT molecular complexity index is 679.